The maximum absolute atomic E-state index is 2.39. The Morgan fingerprint density at radius 2 is 1.75 bits per heavy atom. The summed E-state index contributed by atoms with van der Waals surface area (Å²) < 4.78 is 0. The zero-order valence-electron chi connectivity index (χ0n) is 9.19. The molecule has 0 radical (unpaired) electrons. The van der Waals surface area contributed by atoms with Gasteiger partial charge in [-0.1, -0.05) is 47.0 Å². The molecule has 0 aliphatic heterocycles. The largest absolute Gasteiger partial charge is 0.0651 e. The molecule has 72 valence electrons. The fraction of sp³-hybridized carbons (Fsp3) is 1.00. The van der Waals surface area contributed by atoms with Gasteiger partial charge in [0.2, 0.25) is 0 Å². The molecule has 1 aliphatic rings. The maximum atomic E-state index is 2.39. The zero-order chi connectivity index (χ0) is 9.19. The highest BCUT2D eigenvalue weighted by molar-refractivity contribution is 4.92. The second-order valence-electron chi connectivity index (χ2n) is 4.83. The van der Waals surface area contributed by atoms with E-state index in [4.69, 9.17) is 0 Å². The third kappa shape index (κ3) is 1.53. The Labute approximate surface area is 77.7 Å². The monoisotopic (exact) mass is 168 g/mol. The van der Waals surface area contributed by atoms with Gasteiger partial charge < -0.3 is 0 Å². The quantitative estimate of drug-likeness (QED) is 0.588. The molecule has 1 saturated carbocycles. The van der Waals surface area contributed by atoms with Crippen LogP contribution in [0.5, 0.6) is 0 Å². The van der Waals surface area contributed by atoms with Crippen molar-refractivity contribution in [2.24, 2.45) is 17.3 Å². The van der Waals surface area contributed by atoms with Crippen LogP contribution in [0.3, 0.4) is 0 Å². The molecule has 0 aromatic heterocycles. The summed E-state index contributed by atoms with van der Waals surface area (Å²) in [6.07, 6.45) is 7.27. The first-order valence-corrected chi connectivity index (χ1v) is 5.66. The third-order valence-corrected chi connectivity index (χ3v) is 4.08. The van der Waals surface area contributed by atoms with Crippen LogP contribution < -0.4 is 0 Å². The fourth-order valence-electron chi connectivity index (χ4n) is 3.23. The van der Waals surface area contributed by atoms with Gasteiger partial charge in [-0.05, 0) is 30.1 Å². The fourth-order valence-corrected chi connectivity index (χ4v) is 3.23. The molecule has 1 unspecified atom stereocenters. The average molecular weight is 168 g/mol. The van der Waals surface area contributed by atoms with Gasteiger partial charge in [0.1, 0.15) is 0 Å². The van der Waals surface area contributed by atoms with E-state index in [1.807, 2.05) is 0 Å². The van der Waals surface area contributed by atoms with Crippen molar-refractivity contribution in [1.29, 1.82) is 0 Å². The number of hydrogen-bond donors (Lipinski definition) is 0. The van der Waals surface area contributed by atoms with Gasteiger partial charge in [-0.3, -0.25) is 0 Å². The van der Waals surface area contributed by atoms with Crippen LogP contribution in [0.1, 0.15) is 59.8 Å². The molecule has 0 aromatic carbocycles. The van der Waals surface area contributed by atoms with Gasteiger partial charge in [0.25, 0.3) is 0 Å². The third-order valence-electron chi connectivity index (χ3n) is 4.08. The summed E-state index contributed by atoms with van der Waals surface area (Å²) >= 11 is 0. The first-order valence-electron chi connectivity index (χ1n) is 5.66. The van der Waals surface area contributed by atoms with Crippen molar-refractivity contribution in [3.8, 4) is 0 Å². The SMILES string of the molecule is CCC(C(C)C)C1(CC)CCC1. The molecule has 0 spiro atoms. The average Bonchev–Trinajstić information content (AvgIpc) is 1.95. The lowest BCUT2D eigenvalue weighted by Crippen LogP contribution is -2.39. The Balaban J connectivity index is 2.61. The molecule has 0 bridgehead atoms. The normalized spacial score (nSPS) is 23.8. The van der Waals surface area contributed by atoms with Crippen LogP contribution in [0.4, 0.5) is 0 Å². The van der Waals surface area contributed by atoms with Crippen LogP contribution >= 0.6 is 0 Å². The first kappa shape index (κ1) is 10.1. The molecule has 0 N–H and O–H groups in total. The Morgan fingerprint density at radius 3 is 1.83 bits per heavy atom. The van der Waals surface area contributed by atoms with Crippen LogP contribution in [0.15, 0.2) is 0 Å². The van der Waals surface area contributed by atoms with Crippen LogP contribution in [0.2, 0.25) is 0 Å². The Hall–Kier alpha value is 0. The Morgan fingerprint density at radius 1 is 1.17 bits per heavy atom. The minimum absolute atomic E-state index is 0.753. The van der Waals surface area contributed by atoms with Crippen molar-refractivity contribution in [2.45, 2.75) is 59.8 Å². The van der Waals surface area contributed by atoms with Crippen molar-refractivity contribution in [3.63, 3.8) is 0 Å². The van der Waals surface area contributed by atoms with Crippen LogP contribution in [0.25, 0.3) is 0 Å². The van der Waals surface area contributed by atoms with Crippen molar-refractivity contribution < 1.29 is 0 Å². The molecule has 0 amide bonds. The highest BCUT2D eigenvalue weighted by atomic mass is 14.5. The van der Waals surface area contributed by atoms with E-state index in [-0.39, 0.29) is 0 Å². The molecule has 12 heavy (non-hydrogen) atoms. The predicted octanol–water partition coefficient (Wildman–Crippen LogP) is 4.25. The van der Waals surface area contributed by atoms with E-state index in [9.17, 15) is 0 Å². The molecular formula is C12H24. The minimum Gasteiger partial charge on any atom is -0.0651 e. The second-order valence-corrected chi connectivity index (χ2v) is 4.83. The van der Waals surface area contributed by atoms with Gasteiger partial charge >= 0.3 is 0 Å². The van der Waals surface area contributed by atoms with E-state index in [2.05, 4.69) is 27.7 Å². The molecule has 0 nitrogen and oxygen atoms in total. The summed E-state index contributed by atoms with van der Waals surface area (Å²) in [6, 6.07) is 0. The van der Waals surface area contributed by atoms with Crippen LogP contribution in [-0.2, 0) is 0 Å². The molecule has 1 aliphatic carbocycles. The van der Waals surface area contributed by atoms with Gasteiger partial charge in [-0.25, -0.2) is 0 Å². The van der Waals surface area contributed by atoms with Gasteiger partial charge in [0.05, 0.1) is 0 Å². The summed E-state index contributed by atoms with van der Waals surface area (Å²) in [5.74, 6) is 1.87. The summed E-state index contributed by atoms with van der Waals surface area (Å²) in [4.78, 5) is 0. The van der Waals surface area contributed by atoms with Crippen LogP contribution in [-0.4, -0.2) is 0 Å². The summed E-state index contributed by atoms with van der Waals surface area (Å²) in [7, 11) is 0. The van der Waals surface area contributed by atoms with Gasteiger partial charge in [0, 0.05) is 0 Å². The van der Waals surface area contributed by atoms with Crippen LogP contribution in [0, 0.1) is 17.3 Å². The van der Waals surface area contributed by atoms with E-state index in [1.165, 1.54) is 32.1 Å². The minimum atomic E-state index is 0.753. The van der Waals surface area contributed by atoms with Gasteiger partial charge in [-0.15, -0.1) is 0 Å². The molecule has 0 aromatic rings. The molecule has 0 heteroatoms. The van der Waals surface area contributed by atoms with E-state index in [0.717, 1.165) is 17.3 Å². The standard InChI is InChI=1S/C12H24/c1-5-11(10(3)4)12(6-2)8-7-9-12/h10-11H,5-9H2,1-4H3. The molecule has 1 fully saturated rings. The van der Waals surface area contributed by atoms with E-state index in [0.29, 0.717) is 0 Å². The topological polar surface area (TPSA) is 0 Å². The first-order chi connectivity index (χ1) is 5.66. The Bertz CT molecular complexity index is 125. The van der Waals surface area contributed by atoms with Crippen molar-refractivity contribution in [3.05, 3.63) is 0 Å². The van der Waals surface area contributed by atoms with Crippen molar-refractivity contribution in [1.82, 2.24) is 0 Å². The van der Waals surface area contributed by atoms with E-state index >= 15 is 0 Å². The molecule has 1 atom stereocenters. The highest BCUT2D eigenvalue weighted by Crippen LogP contribution is 2.53. The van der Waals surface area contributed by atoms with E-state index in [1.54, 1.807) is 0 Å². The zero-order valence-corrected chi connectivity index (χ0v) is 9.19. The lowest BCUT2D eigenvalue weighted by atomic mass is 9.56. The van der Waals surface area contributed by atoms with E-state index < -0.39 is 0 Å². The lowest BCUT2D eigenvalue weighted by Gasteiger charge is -2.49. The Kier molecular flexibility index (Phi) is 3.20. The summed E-state index contributed by atoms with van der Waals surface area (Å²) in [6.45, 7) is 9.53. The van der Waals surface area contributed by atoms with Gasteiger partial charge in [0.15, 0.2) is 0 Å². The molecular weight excluding hydrogens is 144 g/mol. The molecule has 0 saturated heterocycles. The molecule has 1 rings (SSSR count). The maximum Gasteiger partial charge on any atom is -0.0269 e. The van der Waals surface area contributed by atoms with Crippen molar-refractivity contribution >= 4 is 0 Å². The summed E-state index contributed by atoms with van der Waals surface area (Å²) in [5.41, 5.74) is 0.753. The smallest absolute Gasteiger partial charge is 0.0269 e. The lowest BCUT2D eigenvalue weighted by molar-refractivity contribution is 0.0143. The summed E-state index contributed by atoms with van der Waals surface area (Å²) in [5, 5.41) is 0. The molecule has 0 heterocycles. The van der Waals surface area contributed by atoms with Gasteiger partial charge in [-0.2, -0.15) is 0 Å². The number of rotatable bonds is 4. The van der Waals surface area contributed by atoms with Crippen molar-refractivity contribution in [2.75, 3.05) is 0 Å². The number of hydrogen-bond acceptors (Lipinski definition) is 0. The predicted molar refractivity (Wildman–Crippen MR) is 55.2 cm³/mol. The highest BCUT2D eigenvalue weighted by Gasteiger charge is 2.42. The second kappa shape index (κ2) is 3.81.